The Kier molecular flexibility index (Phi) is 6.74. The van der Waals surface area contributed by atoms with E-state index in [0.29, 0.717) is 29.8 Å². The lowest BCUT2D eigenvalue weighted by atomic mass is 10.3. The number of carbonyl (C=O) groups is 1. The number of hydrogen-bond acceptors (Lipinski definition) is 6. The molecule has 6 nitrogen and oxygen atoms in total. The Balaban J connectivity index is 2.38. The van der Waals surface area contributed by atoms with Gasteiger partial charge in [-0.3, -0.25) is 4.79 Å². The first-order valence-electron chi connectivity index (χ1n) is 6.14. The van der Waals surface area contributed by atoms with E-state index in [-0.39, 0.29) is 5.91 Å². The number of thioether (sulfide) groups is 1. The summed E-state index contributed by atoms with van der Waals surface area (Å²) in [7, 11) is 0. The van der Waals surface area contributed by atoms with E-state index in [0.717, 1.165) is 19.5 Å². The SMILES string of the molecule is CCN(CC)C(=O)CSc1nnc(CCCN)o1. The van der Waals surface area contributed by atoms with Crippen LogP contribution < -0.4 is 5.73 Å². The van der Waals surface area contributed by atoms with Crippen LogP contribution in [0.15, 0.2) is 9.64 Å². The number of aryl methyl sites for hydroxylation is 1. The Morgan fingerprint density at radius 2 is 2.11 bits per heavy atom. The van der Waals surface area contributed by atoms with Crippen LogP contribution in [-0.2, 0) is 11.2 Å². The molecule has 1 amide bonds. The maximum Gasteiger partial charge on any atom is 0.277 e. The van der Waals surface area contributed by atoms with Crippen molar-refractivity contribution in [3.05, 3.63) is 5.89 Å². The monoisotopic (exact) mass is 272 g/mol. The van der Waals surface area contributed by atoms with Crippen LogP contribution >= 0.6 is 11.8 Å². The fourth-order valence-electron chi connectivity index (χ4n) is 1.44. The van der Waals surface area contributed by atoms with Gasteiger partial charge in [-0.2, -0.15) is 0 Å². The Bertz CT molecular complexity index is 366. The third-order valence-electron chi connectivity index (χ3n) is 2.48. The van der Waals surface area contributed by atoms with E-state index in [1.165, 1.54) is 11.8 Å². The number of amides is 1. The molecule has 102 valence electrons. The van der Waals surface area contributed by atoms with Gasteiger partial charge in [-0.1, -0.05) is 11.8 Å². The second-order valence-electron chi connectivity index (χ2n) is 3.71. The van der Waals surface area contributed by atoms with E-state index in [1.54, 1.807) is 4.90 Å². The van der Waals surface area contributed by atoms with Crippen molar-refractivity contribution in [2.45, 2.75) is 31.9 Å². The lowest BCUT2D eigenvalue weighted by molar-refractivity contribution is -0.127. The summed E-state index contributed by atoms with van der Waals surface area (Å²) in [6, 6.07) is 0. The Hall–Kier alpha value is -1.08. The molecular weight excluding hydrogens is 252 g/mol. The van der Waals surface area contributed by atoms with Gasteiger partial charge in [0.25, 0.3) is 5.22 Å². The molecule has 2 N–H and O–H groups in total. The van der Waals surface area contributed by atoms with Crippen LogP contribution in [0.5, 0.6) is 0 Å². The van der Waals surface area contributed by atoms with Crippen molar-refractivity contribution in [1.82, 2.24) is 15.1 Å². The molecule has 0 unspecified atom stereocenters. The smallest absolute Gasteiger partial charge is 0.277 e. The van der Waals surface area contributed by atoms with Crippen LogP contribution in [-0.4, -0.2) is 46.4 Å². The molecule has 0 spiro atoms. The van der Waals surface area contributed by atoms with Gasteiger partial charge in [0, 0.05) is 19.5 Å². The van der Waals surface area contributed by atoms with Crippen LogP contribution in [0.3, 0.4) is 0 Å². The zero-order valence-corrected chi connectivity index (χ0v) is 11.7. The normalized spacial score (nSPS) is 10.6. The molecule has 0 aromatic carbocycles. The van der Waals surface area contributed by atoms with Gasteiger partial charge in [-0.15, -0.1) is 10.2 Å². The average Bonchev–Trinajstić information content (AvgIpc) is 2.83. The largest absolute Gasteiger partial charge is 0.416 e. The number of hydrogen-bond donors (Lipinski definition) is 1. The number of aromatic nitrogens is 2. The number of carbonyl (C=O) groups excluding carboxylic acids is 1. The Morgan fingerprint density at radius 1 is 1.39 bits per heavy atom. The predicted octanol–water partition coefficient (Wildman–Crippen LogP) is 0.921. The second-order valence-corrected chi connectivity index (χ2v) is 4.64. The maximum atomic E-state index is 11.8. The molecule has 0 aliphatic rings. The van der Waals surface area contributed by atoms with Gasteiger partial charge in [0.15, 0.2) is 0 Å². The molecule has 0 saturated carbocycles. The lowest BCUT2D eigenvalue weighted by Gasteiger charge is -2.17. The molecule has 1 aromatic rings. The molecule has 0 radical (unpaired) electrons. The summed E-state index contributed by atoms with van der Waals surface area (Å²) < 4.78 is 5.40. The summed E-state index contributed by atoms with van der Waals surface area (Å²) in [6.45, 7) is 5.97. The first kappa shape index (κ1) is 15.0. The van der Waals surface area contributed by atoms with Crippen molar-refractivity contribution in [1.29, 1.82) is 0 Å². The summed E-state index contributed by atoms with van der Waals surface area (Å²) in [5, 5.41) is 8.23. The zero-order chi connectivity index (χ0) is 13.4. The highest BCUT2D eigenvalue weighted by Gasteiger charge is 2.13. The van der Waals surface area contributed by atoms with E-state index < -0.39 is 0 Å². The van der Waals surface area contributed by atoms with Crippen molar-refractivity contribution < 1.29 is 9.21 Å². The fourth-order valence-corrected chi connectivity index (χ4v) is 2.13. The van der Waals surface area contributed by atoms with E-state index in [2.05, 4.69) is 10.2 Å². The average molecular weight is 272 g/mol. The molecule has 1 rings (SSSR count). The highest BCUT2D eigenvalue weighted by molar-refractivity contribution is 7.99. The zero-order valence-electron chi connectivity index (χ0n) is 10.9. The van der Waals surface area contributed by atoms with Gasteiger partial charge in [-0.25, -0.2) is 0 Å². The molecule has 18 heavy (non-hydrogen) atoms. The molecule has 0 aliphatic heterocycles. The standard InChI is InChI=1S/C11H20N4O2S/c1-3-15(4-2)10(16)8-18-11-14-13-9(17-11)6-5-7-12/h3-8,12H2,1-2H3. The van der Waals surface area contributed by atoms with Crippen molar-refractivity contribution in [3.63, 3.8) is 0 Å². The van der Waals surface area contributed by atoms with Crippen LogP contribution in [0.4, 0.5) is 0 Å². The minimum atomic E-state index is 0.0895. The topological polar surface area (TPSA) is 85.2 Å². The summed E-state index contributed by atoms with van der Waals surface area (Å²) in [5.41, 5.74) is 5.40. The molecule has 0 bridgehead atoms. The Morgan fingerprint density at radius 3 is 2.72 bits per heavy atom. The van der Waals surface area contributed by atoms with Crippen molar-refractivity contribution in [2.75, 3.05) is 25.4 Å². The minimum Gasteiger partial charge on any atom is -0.416 e. The summed E-state index contributed by atoms with van der Waals surface area (Å²) in [4.78, 5) is 13.5. The van der Waals surface area contributed by atoms with Crippen molar-refractivity contribution in [3.8, 4) is 0 Å². The first-order valence-corrected chi connectivity index (χ1v) is 7.12. The van der Waals surface area contributed by atoms with Gasteiger partial charge in [-0.05, 0) is 26.8 Å². The first-order chi connectivity index (χ1) is 8.71. The summed E-state index contributed by atoms with van der Waals surface area (Å²) in [5.74, 6) is 1.00. The van der Waals surface area contributed by atoms with Crippen molar-refractivity contribution in [2.24, 2.45) is 5.73 Å². The fraction of sp³-hybridized carbons (Fsp3) is 0.727. The van der Waals surface area contributed by atoms with Crippen LogP contribution in [0.2, 0.25) is 0 Å². The van der Waals surface area contributed by atoms with Gasteiger partial charge >= 0.3 is 0 Å². The molecule has 1 aromatic heterocycles. The third-order valence-corrected chi connectivity index (χ3v) is 3.28. The van der Waals surface area contributed by atoms with Crippen molar-refractivity contribution >= 4 is 17.7 Å². The summed E-state index contributed by atoms with van der Waals surface area (Å²) in [6.07, 6.45) is 1.51. The molecule has 0 fully saturated rings. The Labute approximate surface area is 111 Å². The van der Waals surface area contributed by atoms with E-state index in [1.807, 2.05) is 13.8 Å². The number of rotatable bonds is 8. The minimum absolute atomic E-state index is 0.0895. The molecular formula is C11H20N4O2S. The van der Waals surface area contributed by atoms with E-state index >= 15 is 0 Å². The lowest BCUT2D eigenvalue weighted by Crippen LogP contribution is -2.31. The quantitative estimate of drug-likeness (QED) is 0.708. The maximum absolute atomic E-state index is 11.8. The highest BCUT2D eigenvalue weighted by Crippen LogP contribution is 2.17. The van der Waals surface area contributed by atoms with Gasteiger partial charge in [0.05, 0.1) is 5.75 Å². The second kappa shape index (κ2) is 8.10. The van der Waals surface area contributed by atoms with Crippen LogP contribution in [0.25, 0.3) is 0 Å². The number of nitrogens with two attached hydrogens (primary N) is 1. The molecule has 7 heteroatoms. The van der Waals surface area contributed by atoms with E-state index in [9.17, 15) is 4.79 Å². The third kappa shape index (κ3) is 4.66. The van der Waals surface area contributed by atoms with Crippen LogP contribution in [0, 0.1) is 0 Å². The molecule has 0 atom stereocenters. The van der Waals surface area contributed by atoms with E-state index in [4.69, 9.17) is 10.2 Å². The highest BCUT2D eigenvalue weighted by atomic mass is 32.2. The van der Waals surface area contributed by atoms with Crippen LogP contribution in [0.1, 0.15) is 26.2 Å². The predicted molar refractivity (Wildman–Crippen MR) is 70.3 cm³/mol. The molecule has 0 saturated heterocycles. The van der Waals surface area contributed by atoms with Gasteiger partial charge < -0.3 is 15.1 Å². The van der Waals surface area contributed by atoms with Gasteiger partial charge in [0.1, 0.15) is 0 Å². The molecule has 0 aliphatic carbocycles. The van der Waals surface area contributed by atoms with Gasteiger partial charge in [0.2, 0.25) is 11.8 Å². The molecule has 1 heterocycles. The summed E-state index contributed by atoms with van der Waals surface area (Å²) >= 11 is 1.28. The number of nitrogens with zero attached hydrogens (tertiary/aromatic N) is 3.